The SMILES string of the molecule is CCNC(=NCc1ccc(S(=O)(=O)NCC2CCCO2)cc1)NCCc1ccco1. The molecule has 1 aromatic heterocycles. The average Bonchev–Trinajstić information content (AvgIpc) is 3.45. The van der Waals surface area contributed by atoms with Gasteiger partial charge in [-0.2, -0.15) is 0 Å². The lowest BCUT2D eigenvalue weighted by molar-refractivity contribution is 0.114. The van der Waals surface area contributed by atoms with Gasteiger partial charge < -0.3 is 19.8 Å². The van der Waals surface area contributed by atoms with E-state index in [-0.39, 0.29) is 11.0 Å². The lowest BCUT2D eigenvalue weighted by Crippen LogP contribution is -2.38. The maximum atomic E-state index is 12.4. The number of hydrogen-bond donors (Lipinski definition) is 3. The quantitative estimate of drug-likeness (QED) is 0.390. The molecular formula is C21H30N4O4S. The zero-order valence-electron chi connectivity index (χ0n) is 17.3. The third-order valence-electron chi connectivity index (χ3n) is 4.77. The maximum Gasteiger partial charge on any atom is 0.240 e. The Balaban J connectivity index is 1.51. The highest BCUT2D eigenvalue weighted by Crippen LogP contribution is 2.14. The Morgan fingerprint density at radius 2 is 2.03 bits per heavy atom. The molecule has 30 heavy (non-hydrogen) atoms. The molecule has 1 fully saturated rings. The van der Waals surface area contributed by atoms with Gasteiger partial charge in [-0.15, -0.1) is 0 Å². The summed E-state index contributed by atoms with van der Waals surface area (Å²) in [5.41, 5.74) is 0.927. The molecule has 9 heteroatoms. The number of ether oxygens (including phenoxy) is 1. The minimum absolute atomic E-state index is 0.0295. The highest BCUT2D eigenvalue weighted by atomic mass is 32.2. The average molecular weight is 435 g/mol. The van der Waals surface area contributed by atoms with E-state index in [0.29, 0.717) is 32.2 Å². The Morgan fingerprint density at radius 3 is 2.70 bits per heavy atom. The first-order valence-corrected chi connectivity index (χ1v) is 11.8. The third kappa shape index (κ3) is 6.86. The van der Waals surface area contributed by atoms with Crippen molar-refractivity contribution in [3.05, 3.63) is 54.0 Å². The molecule has 0 aliphatic carbocycles. The number of nitrogens with zero attached hydrogens (tertiary/aromatic N) is 1. The van der Waals surface area contributed by atoms with Crippen LogP contribution in [0.3, 0.4) is 0 Å². The van der Waals surface area contributed by atoms with Gasteiger partial charge in [-0.1, -0.05) is 12.1 Å². The van der Waals surface area contributed by atoms with Crippen molar-refractivity contribution in [2.75, 3.05) is 26.2 Å². The van der Waals surface area contributed by atoms with Crippen LogP contribution < -0.4 is 15.4 Å². The molecule has 2 aromatic rings. The Labute approximate surface area is 178 Å². The van der Waals surface area contributed by atoms with Crippen LogP contribution in [-0.2, 0) is 27.7 Å². The summed E-state index contributed by atoms with van der Waals surface area (Å²) in [5.74, 6) is 1.63. The van der Waals surface area contributed by atoms with Gasteiger partial charge in [0.25, 0.3) is 0 Å². The second-order valence-corrected chi connectivity index (χ2v) is 8.85. The normalized spacial score (nSPS) is 17.2. The molecule has 164 valence electrons. The lowest BCUT2D eigenvalue weighted by atomic mass is 10.2. The third-order valence-corrected chi connectivity index (χ3v) is 6.21. The molecule has 1 aliphatic rings. The van der Waals surface area contributed by atoms with E-state index in [2.05, 4.69) is 20.3 Å². The van der Waals surface area contributed by atoms with Gasteiger partial charge in [-0.25, -0.2) is 18.1 Å². The molecule has 1 aromatic carbocycles. The summed E-state index contributed by atoms with van der Waals surface area (Å²) >= 11 is 0. The first kappa shape index (κ1) is 22.3. The molecule has 1 atom stereocenters. The van der Waals surface area contributed by atoms with Gasteiger partial charge in [0, 0.05) is 32.7 Å². The summed E-state index contributed by atoms with van der Waals surface area (Å²) in [4.78, 5) is 4.81. The minimum Gasteiger partial charge on any atom is -0.469 e. The molecule has 0 spiro atoms. The zero-order chi connectivity index (χ0) is 21.2. The summed E-state index contributed by atoms with van der Waals surface area (Å²) in [7, 11) is -3.54. The Hall–Kier alpha value is -2.36. The Bertz CT molecular complexity index is 890. The van der Waals surface area contributed by atoms with Crippen LogP contribution in [0.15, 0.2) is 57.0 Å². The first-order chi connectivity index (χ1) is 14.6. The summed E-state index contributed by atoms with van der Waals surface area (Å²) < 4.78 is 38.3. The number of furan rings is 1. The summed E-state index contributed by atoms with van der Waals surface area (Å²) in [6.45, 7) is 4.91. The van der Waals surface area contributed by atoms with E-state index in [1.54, 1.807) is 30.5 Å². The van der Waals surface area contributed by atoms with Gasteiger partial charge in [0.1, 0.15) is 5.76 Å². The highest BCUT2D eigenvalue weighted by Gasteiger charge is 2.20. The van der Waals surface area contributed by atoms with Crippen LogP contribution in [0, 0.1) is 0 Å². The van der Waals surface area contributed by atoms with Crippen molar-refractivity contribution in [2.24, 2.45) is 4.99 Å². The molecule has 1 aliphatic heterocycles. The fraction of sp³-hybridized carbons (Fsp3) is 0.476. The topological polar surface area (TPSA) is 105 Å². The number of sulfonamides is 1. The predicted octanol–water partition coefficient (Wildman–Crippen LogP) is 2.03. The van der Waals surface area contributed by atoms with E-state index in [1.165, 1.54) is 0 Å². The highest BCUT2D eigenvalue weighted by molar-refractivity contribution is 7.89. The summed E-state index contributed by atoms with van der Waals surface area (Å²) in [5, 5.41) is 6.47. The molecule has 1 saturated heterocycles. The van der Waals surface area contributed by atoms with E-state index in [9.17, 15) is 8.42 Å². The second-order valence-electron chi connectivity index (χ2n) is 7.08. The molecule has 0 saturated carbocycles. The van der Waals surface area contributed by atoms with Crippen LogP contribution in [0.4, 0.5) is 0 Å². The van der Waals surface area contributed by atoms with Crippen LogP contribution in [0.25, 0.3) is 0 Å². The molecule has 0 bridgehead atoms. The predicted molar refractivity (Wildman–Crippen MR) is 116 cm³/mol. The van der Waals surface area contributed by atoms with Gasteiger partial charge in [-0.05, 0) is 49.6 Å². The van der Waals surface area contributed by atoms with Crippen molar-refractivity contribution in [3.63, 3.8) is 0 Å². The molecule has 3 N–H and O–H groups in total. The second kappa shape index (κ2) is 11.1. The van der Waals surface area contributed by atoms with Crippen LogP contribution in [-0.4, -0.2) is 46.7 Å². The zero-order valence-corrected chi connectivity index (χ0v) is 18.1. The van der Waals surface area contributed by atoms with E-state index in [0.717, 1.165) is 37.1 Å². The van der Waals surface area contributed by atoms with Gasteiger partial charge in [0.2, 0.25) is 10.0 Å². The van der Waals surface area contributed by atoms with Crippen molar-refractivity contribution in [3.8, 4) is 0 Å². The first-order valence-electron chi connectivity index (χ1n) is 10.3. The molecule has 3 rings (SSSR count). The number of rotatable bonds is 10. The van der Waals surface area contributed by atoms with Crippen molar-refractivity contribution in [1.29, 1.82) is 0 Å². The Kier molecular flexibility index (Phi) is 8.30. The van der Waals surface area contributed by atoms with Crippen LogP contribution in [0.1, 0.15) is 31.1 Å². The van der Waals surface area contributed by atoms with Crippen molar-refractivity contribution < 1.29 is 17.6 Å². The van der Waals surface area contributed by atoms with E-state index in [4.69, 9.17) is 9.15 Å². The van der Waals surface area contributed by atoms with Gasteiger partial charge in [-0.3, -0.25) is 0 Å². The standard InChI is InChI=1S/C21H30N4O4S/c1-2-22-21(23-12-11-18-5-3-13-28-18)24-15-17-7-9-20(10-8-17)30(26,27)25-16-19-6-4-14-29-19/h3,5,7-10,13,19,25H,2,4,6,11-12,14-16H2,1H3,(H2,22,23,24). The van der Waals surface area contributed by atoms with Gasteiger partial charge in [0.15, 0.2) is 5.96 Å². The maximum absolute atomic E-state index is 12.4. The number of benzene rings is 1. The van der Waals surface area contributed by atoms with Crippen LogP contribution in [0.5, 0.6) is 0 Å². The Morgan fingerprint density at radius 1 is 1.20 bits per heavy atom. The monoisotopic (exact) mass is 434 g/mol. The number of nitrogens with one attached hydrogen (secondary N) is 3. The summed E-state index contributed by atoms with van der Waals surface area (Å²) in [6, 6.07) is 10.6. The molecule has 0 radical (unpaired) electrons. The van der Waals surface area contributed by atoms with Crippen LogP contribution >= 0.6 is 0 Å². The van der Waals surface area contributed by atoms with Crippen molar-refractivity contribution in [1.82, 2.24) is 15.4 Å². The van der Waals surface area contributed by atoms with Gasteiger partial charge >= 0.3 is 0 Å². The fourth-order valence-electron chi connectivity index (χ4n) is 3.14. The largest absolute Gasteiger partial charge is 0.469 e. The smallest absolute Gasteiger partial charge is 0.240 e. The van der Waals surface area contributed by atoms with Crippen LogP contribution in [0.2, 0.25) is 0 Å². The molecule has 8 nitrogen and oxygen atoms in total. The fourth-order valence-corrected chi connectivity index (χ4v) is 4.20. The lowest BCUT2D eigenvalue weighted by Gasteiger charge is -2.12. The number of aliphatic imine (C=N–C) groups is 1. The molecule has 0 amide bonds. The minimum atomic E-state index is -3.54. The van der Waals surface area contributed by atoms with E-state index >= 15 is 0 Å². The van der Waals surface area contributed by atoms with Gasteiger partial charge in [0.05, 0.1) is 23.8 Å². The molecule has 2 heterocycles. The molecular weight excluding hydrogens is 404 g/mol. The number of guanidine groups is 1. The molecule has 1 unspecified atom stereocenters. The van der Waals surface area contributed by atoms with Crippen molar-refractivity contribution >= 4 is 16.0 Å². The summed E-state index contributed by atoms with van der Waals surface area (Å²) in [6.07, 6.45) is 4.27. The number of hydrogen-bond acceptors (Lipinski definition) is 5. The van der Waals surface area contributed by atoms with E-state index < -0.39 is 10.0 Å². The van der Waals surface area contributed by atoms with Crippen molar-refractivity contribution in [2.45, 2.75) is 43.7 Å². The van der Waals surface area contributed by atoms with E-state index in [1.807, 2.05) is 19.1 Å².